The molecule has 0 radical (unpaired) electrons. The van der Waals surface area contributed by atoms with E-state index in [0.717, 1.165) is 26.3 Å². The first-order chi connectivity index (χ1) is 9.49. The van der Waals surface area contributed by atoms with Gasteiger partial charge in [-0.25, -0.2) is 13.2 Å². The van der Waals surface area contributed by atoms with E-state index in [-0.39, 0.29) is 9.99 Å². The number of esters is 1. The van der Waals surface area contributed by atoms with Crippen LogP contribution in [0.5, 0.6) is 0 Å². The predicted molar refractivity (Wildman–Crippen MR) is 68.1 cm³/mol. The first kappa shape index (κ1) is 17.2. The Morgan fingerprint density at radius 1 is 1.38 bits per heavy atom. The van der Waals surface area contributed by atoms with Crippen LogP contribution in [0.4, 0.5) is 18.9 Å². The molecule has 0 unspecified atom stereocenters. The number of alkyl halides is 3. The molecular formula is C11H13F3N2O4S. The summed E-state index contributed by atoms with van der Waals surface area (Å²) in [7, 11) is -2.74. The maximum absolute atomic E-state index is 12.3. The van der Waals surface area contributed by atoms with Crippen molar-refractivity contribution >= 4 is 21.7 Å². The number of carbonyl (C=O) groups excluding carboxylic acids is 1. The monoisotopic (exact) mass is 326 g/mol. The fourth-order valence-electron chi connectivity index (χ4n) is 1.55. The van der Waals surface area contributed by atoms with E-state index in [0.29, 0.717) is 0 Å². The molecule has 1 aromatic carbocycles. The van der Waals surface area contributed by atoms with Gasteiger partial charge < -0.3 is 10.5 Å². The van der Waals surface area contributed by atoms with Gasteiger partial charge in [0.2, 0.25) is 10.0 Å². The van der Waals surface area contributed by atoms with Crippen LogP contribution in [0.2, 0.25) is 0 Å². The van der Waals surface area contributed by atoms with Crippen molar-refractivity contribution in [3.63, 3.8) is 0 Å². The molecule has 0 spiro atoms. The lowest BCUT2D eigenvalue weighted by Gasteiger charge is -2.20. The fourth-order valence-corrected chi connectivity index (χ4v) is 2.86. The van der Waals surface area contributed by atoms with Crippen molar-refractivity contribution in [1.29, 1.82) is 0 Å². The second kappa shape index (κ2) is 5.90. The summed E-state index contributed by atoms with van der Waals surface area (Å²) in [6.07, 6.45) is -4.71. The average molecular weight is 326 g/mol. The zero-order valence-electron chi connectivity index (χ0n) is 11.1. The Hall–Kier alpha value is -1.81. The highest BCUT2D eigenvalue weighted by Crippen LogP contribution is 2.25. The van der Waals surface area contributed by atoms with Crippen LogP contribution in [0, 0.1) is 0 Å². The van der Waals surface area contributed by atoms with Gasteiger partial charge in [0.1, 0.15) is 6.54 Å². The molecule has 0 atom stereocenters. The van der Waals surface area contributed by atoms with Crippen molar-refractivity contribution in [3.8, 4) is 0 Å². The lowest BCUT2D eigenvalue weighted by molar-refractivity contribution is -0.134. The van der Waals surface area contributed by atoms with E-state index in [2.05, 4.69) is 4.74 Å². The summed E-state index contributed by atoms with van der Waals surface area (Å²) >= 11 is 0. The van der Waals surface area contributed by atoms with Gasteiger partial charge in [-0.05, 0) is 18.2 Å². The SMILES string of the molecule is COC(=O)c1cc(N)ccc1S(=O)(=O)N(C)CC(F)(F)F. The molecule has 2 N–H and O–H groups in total. The number of ether oxygens (including phenoxy) is 1. The molecule has 1 rings (SSSR count). The molecule has 21 heavy (non-hydrogen) atoms. The highest BCUT2D eigenvalue weighted by molar-refractivity contribution is 7.89. The summed E-state index contributed by atoms with van der Waals surface area (Å²) in [6, 6.07) is 3.16. The minimum Gasteiger partial charge on any atom is -0.465 e. The third kappa shape index (κ3) is 4.08. The molecule has 0 saturated carbocycles. The standard InChI is InChI=1S/C11H13F3N2O4S/c1-16(6-11(12,13)14)21(18,19)9-4-3-7(15)5-8(9)10(17)20-2/h3-5H,6,15H2,1-2H3. The maximum Gasteiger partial charge on any atom is 0.402 e. The number of rotatable bonds is 4. The van der Waals surface area contributed by atoms with E-state index in [1.807, 2.05) is 0 Å². The van der Waals surface area contributed by atoms with Gasteiger partial charge in [0.15, 0.2) is 0 Å². The van der Waals surface area contributed by atoms with Crippen molar-refractivity contribution < 1.29 is 31.1 Å². The molecule has 6 nitrogen and oxygen atoms in total. The quantitative estimate of drug-likeness (QED) is 0.664. The van der Waals surface area contributed by atoms with Crippen LogP contribution in [0.25, 0.3) is 0 Å². The van der Waals surface area contributed by atoms with Crippen LogP contribution in [0.1, 0.15) is 10.4 Å². The fraction of sp³-hybridized carbons (Fsp3) is 0.364. The Labute approximate surface area is 119 Å². The van der Waals surface area contributed by atoms with Crippen LogP contribution < -0.4 is 5.73 Å². The van der Waals surface area contributed by atoms with E-state index in [9.17, 15) is 26.4 Å². The van der Waals surface area contributed by atoms with E-state index in [1.165, 1.54) is 6.07 Å². The number of nitrogen functional groups attached to an aromatic ring is 1. The summed E-state index contributed by atoms with van der Waals surface area (Å²) in [5, 5.41) is 0. The molecule has 1 aromatic rings. The number of benzene rings is 1. The van der Waals surface area contributed by atoms with Gasteiger partial charge in [-0.15, -0.1) is 0 Å². The third-order valence-corrected chi connectivity index (χ3v) is 4.36. The Morgan fingerprint density at radius 3 is 2.43 bits per heavy atom. The molecule has 0 bridgehead atoms. The molecule has 0 aromatic heterocycles. The van der Waals surface area contributed by atoms with Crippen molar-refractivity contribution in [2.45, 2.75) is 11.1 Å². The first-order valence-corrected chi connectivity index (χ1v) is 6.94. The molecule has 0 heterocycles. The number of nitrogens with zero attached hydrogens (tertiary/aromatic N) is 1. The highest BCUT2D eigenvalue weighted by atomic mass is 32.2. The van der Waals surface area contributed by atoms with E-state index in [4.69, 9.17) is 5.73 Å². The Balaban J connectivity index is 3.35. The molecule has 0 amide bonds. The lowest BCUT2D eigenvalue weighted by atomic mass is 10.2. The molecule has 10 heteroatoms. The molecular weight excluding hydrogens is 313 g/mol. The number of halogens is 3. The van der Waals surface area contributed by atoms with Crippen LogP contribution in [-0.2, 0) is 14.8 Å². The Morgan fingerprint density at radius 2 is 1.95 bits per heavy atom. The molecule has 0 aliphatic carbocycles. The second-order valence-corrected chi connectivity index (χ2v) is 6.14. The Bertz CT molecular complexity index is 643. The van der Waals surface area contributed by atoms with Crippen LogP contribution >= 0.6 is 0 Å². The van der Waals surface area contributed by atoms with Crippen molar-refractivity contribution in [2.24, 2.45) is 0 Å². The number of nitrogens with two attached hydrogens (primary N) is 1. The summed E-state index contributed by atoms with van der Waals surface area (Å²) < 4.78 is 65.8. The number of methoxy groups -OCH3 is 1. The third-order valence-electron chi connectivity index (χ3n) is 2.50. The molecule has 118 valence electrons. The summed E-state index contributed by atoms with van der Waals surface area (Å²) in [4.78, 5) is 11.0. The maximum atomic E-state index is 12.3. The summed E-state index contributed by atoms with van der Waals surface area (Å²) in [6.45, 7) is -1.68. The summed E-state index contributed by atoms with van der Waals surface area (Å²) in [5.74, 6) is -1.01. The topological polar surface area (TPSA) is 89.7 Å². The Kier molecular flexibility index (Phi) is 4.84. The lowest BCUT2D eigenvalue weighted by Crippen LogP contribution is -2.36. The van der Waals surface area contributed by atoms with Gasteiger partial charge in [0.25, 0.3) is 0 Å². The van der Waals surface area contributed by atoms with Gasteiger partial charge >= 0.3 is 12.1 Å². The van der Waals surface area contributed by atoms with Gasteiger partial charge in [-0.1, -0.05) is 0 Å². The van der Waals surface area contributed by atoms with Gasteiger partial charge in [-0.2, -0.15) is 17.5 Å². The average Bonchev–Trinajstić information content (AvgIpc) is 2.35. The van der Waals surface area contributed by atoms with Crippen LogP contribution in [0.3, 0.4) is 0 Å². The number of hydrogen-bond acceptors (Lipinski definition) is 5. The zero-order chi connectivity index (χ0) is 16.4. The first-order valence-electron chi connectivity index (χ1n) is 5.50. The van der Waals surface area contributed by atoms with E-state index in [1.54, 1.807) is 0 Å². The normalized spacial score (nSPS) is 12.5. The highest BCUT2D eigenvalue weighted by Gasteiger charge is 2.36. The summed E-state index contributed by atoms with van der Waals surface area (Å²) in [5.41, 5.74) is 5.10. The largest absolute Gasteiger partial charge is 0.465 e. The number of sulfonamides is 1. The molecule has 0 fully saturated rings. The molecule has 0 saturated heterocycles. The predicted octanol–water partition coefficient (Wildman–Crippen LogP) is 1.24. The van der Waals surface area contributed by atoms with E-state index >= 15 is 0 Å². The smallest absolute Gasteiger partial charge is 0.402 e. The number of hydrogen-bond donors (Lipinski definition) is 1. The minimum absolute atomic E-state index is 0.0767. The van der Waals surface area contributed by atoms with Gasteiger partial charge in [0.05, 0.1) is 17.6 Å². The second-order valence-electron chi connectivity index (χ2n) is 4.12. The van der Waals surface area contributed by atoms with Crippen molar-refractivity contribution in [1.82, 2.24) is 4.31 Å². The van der Waals surface area contributed by atoms with Crippen molar-refractivity contribution in [3.05, 3.63) is 23.8 Å². The minimum atomic E-state index is -4.71. The molecule has 0 aliphatic heterocycles. The number of carbonyl (C=O) groups is 1. The van der Waals surface area contributed by atoms with Gasteiger partial charge in [0, 0.05) is 12.7 Å². The van der Waals surface area contributed by atoms with E-state index < -0.39 is 39.2 Å². The molecule has 0 aliphatic rings. The van der Waals surface area contributed by atoms with Crippen LogP contribution in [0.15, 0.2) is 23.1 Å². The zero-order valence-corrected chi connectivity index (χ0v) is 12.0. The van der Waals surface area contributed by atoms with Crippen LogP contribution in [-0.4, -0.2) is 45.6 Å². The number of anilines is 1. The van der Waals surface area contributed by atoms with Crippen molar-refractivity contribution in [2.75, 3.05) is 26.4 Å². The van der Waals surface area contributed by atoms with Gasteiger partial charge in [-0.3, -0.25) is 0 Å².